The van der Waals surface area contributed by atoms with Gasteiger partial charge < -0.3 is 23.7 Å². The van der Waals surface area contributed by atoms with Crippen LogP contribution in [0.3, 0.4) is 0 Å². The van der Waals surface area contributed by atoms with E-state index in [1.54, 1.807) is 30.3 Å². The van der Waals surface area contributed by atoms with Crippen molar-refractivity contribution in [3.05, 3.63) is 65.4 Å². The van der Waals surface area contributed by atoms with Crippen LogP contribution in [0.15, 0.2) is 52.9 Å². The Morgan fingerprint density at radius 2 is 1.71 bits per heavy atom. The molecular formula is C26H28O8. The van der Waals surface area contributed by atoms with E-state index in [0.717, 1.165) is 10.9 Å². The number of fused-ring (bicyclic) bond motifs is 1. The van der Waals surface area contributed by atoms with Gasteiger partial charge in [-0.2, -0.15) is 0 Å². The number of carboxylic acid groups (broad SMARTS) is 1. The zero-order chi connectivity index (χ0) is 24.9. The third-order valence-corrected chi connectivity index (χ3v) is 5.21. The van der Waals surface area contributed by atoms with Crippen molar-refractivity contribution in [2.24, 2.45) is 0 Å². The molecular weight excluding hydrogens is 440 g/mol. The molecule has 1 heterocycles. The number of esters is 2. The molecule has 0 aliphatic heterocycles. The van der Waals surface area contributed by atoms with Gasteiger partial charge in [0.2, 0.25) is 0 Å². The number of rotatable bonds is 9. The maximum Gasteiger partial charge on any atom is 0.337 e. The first kappa shape index (κ1) is 24.8. The van der Waals surface area contributed by atoms with Gasteiger partial charge in [0.25, 0.3) is 0 Å². The standard InChI is InChI=1S/C26H28O8/c1-26(2,3)18-7-10-20-17(13-18)14-21(33-20)22(34-24(29)12-11-23(27)28)15-32-19-8-5-16(6-9-19)25(30)31-4/h5-10,13-14,22H,11-12,15H2,1-4H3,(H,27,28). The first-order chi connectivity index (χ1) is 16.1. The molecule has 3 rings (SSSR count). The van der Waals surface area contributed by atoms with Crippen molar-refractivity contribution in [2.45, 2.75) is 45.1 Å². The Labute approximate surface area is 197 Å². The van der Waals surface area contributed by atoms with Crippen LogP contribution in [-0.4, -0.2) is 36.7 Å². The minimum absolute atomic E-state index is 0.0478. The fraction of sp³-hybridized carbons (Fsp3) is 0.346. The van der Waals surface area contributed by atoms with Gasteiger partial charge in [0, 0.05) is 5.39 Å². The first-order valence-corrected chi connectivity index (χ1v) is 10.8. The predicted molar refractivity (Wildman–Crippen MR) is 124 cm³/mol. The molecule has 0 fully saturated rings. The van der Waals surface area contributed by atoms with Crippen LogP contribution in [0, 0.1) is 0 Å². The number of methoxy groups -OCH3 is 1. The van der Waals surface area contributed by atoms with Gasteiger partial charge >= 0.3 is 17.9 Å². The lowest BCUT2D eigenvalue weighted by atomic mass is 9.86. The van der Waals surface area contributed by atoms with Gasteiger partial charge in [0.15, 0.2) is 6.10 Å². The molecule has 1 atom stereocenters. The van der Waals surface area contributed by atoms with Gasteiger partial charge in [0.05, 0.1) is 25.5 Å². The normalized spacial score (nSPS) is 12.2. The van der Waals surface area contributed by atoms with Crippen molar-refractivity contribution in [2.75, 3.05) is 13.7 Å². The number of carbonyl (C=O) groups excluding carboxylic acids is 2. The number of hydrogen-bond donors (Lipinski definition) is 1. The quantitative estimate of drug-likeness (QED) is 0.435. The summed E-state index contributed by atoms with van der Waals surface area (Å²) in [5.74, 6) is -1.39. The molecule has 1 N–H and O–H groups in total. The first-order valence-electron chi connectivity index (χ1n) is 10.8. The largest absolute Gasteiger partial charge is 0.489 e. The minimum Gasteiger partial charge on any atom is -0.489 e. The molecule has 0 aliphatic carbocycles. The highest BCUT2D eigenvalue weighted by Crippen LogP contribution is 2.31. The molecule has 0 amide bonds. The average molecular weight is 469 g/mol. The van der Waals surface area contributed by atoms with E-state index in [4.69, 9.17) is 19.0 Å². The van der Waals surface area contributed by atoms with Crippen molar-refractivity contribution in [3.8, 4) is 5.75 Å². The van der Waals surface area contributed by atoms with Crippen LogP contribution in [0.25, 0.3) is 11.0 Å². The zero-order valence-electron chi connectivity index (χ0n) is 19.6. The van der Waals surface area contributed by atoms with Gasteiger partial charge in [-0.05, 0) is 53.4 Å². The van der Waals surface area contributed by atoms with Crippen molar-refractivity contribution in [1.82, 2.24) is 0 Å². The fourth-order valence-corrected chi connectivity index (χ4v) is 3.27. The second-order valence-corrected chi connectivity index (χ2v) is 8.85. The Morgan fingerprint density at radius 1 is 1.00 bits per heavy atom. The fourth-order valence-electron chi connectivity index (χ4n) is 3.27. The van der Waals surface area contributed by atoms with Crippen molar-refractivity contribution in [3.63, 3.8) is 0 Å². The van der Waals surface area contributed by atoms with Crippen molar-refractivity contribution in [1.29, 1.82) is 0 Å². The zero-order valence-corrected chi connectivity index (χ0v) is 19.6. The molecule has 1 unspecified atom stereocenters. The van der Waals surface area contributed by atoms with Crippen LogP contribution in [-0.2, 0) is 24.5 Å². The van der Waals surface area contributed by atoms with Gasteiger partial charge in [0.1, 0.15) is 23.7 Å². The van der Waals surface area contributed by atoms with Crippen LogP contribution < -0.4 is 4.74 Å². The lowest BCUT2D eigenvalue weighted by Gasteiger charge is -2.18. The predicted octanol–water partition coefficient (Wildman–Crippen LogP) is 5.05. The van der Waals surface area contributed by atoms with E-state index >= 15 is 0 Å². The molecule has 0 bridgehead atoms. The van der Waals surface area contributed by atoms with Gasteiger partial charge in [-0.1, -0.05) is 26.8 Å². The van der Waals surface area contributed by atoms with Crippen LogP contribution in [0.4, 0.5) is 0 Å². The molecule has 0 saturated carbocycles. The molecule has 8 nitrogen and oxygen atoms in total. The highest BCUT2D eigenvalue weighted by molar-refractivity contribution is 5.89. The number of ether oxygens (including phenoxy) is 3. The average Bonchev–Trinajstić information content (AvgIpc) is 3.23. The lowest BCUT2D eigenvalue weighted by molar-refractivity contribution is -0.154. The van der Waals surface area contributed by atoms with Crippen molar-refractivity contribution < 1.29 is 38.1 Å². The number of carbonyl (C=O) groups is 3. The summed E-state index contributed by atoms with van der Waals surface area (Å²) in [5, 5.41) is 9.71. The summed E-state index contributed by atoms with van der Waals surface area (Å²) in [6, 6.07) is 14.0. The maximum absolute atomic E-state index is 12.3. The topological polar surface area (TPSA) is 112 Å². The number of benzene rings is 2. The van der Waals surface area contributed by atoms with E-state index in [9.17, 15) is 14.4 Å². The molecule has 0 aliphatic rings. The smallest absolute Gasteiger partial charge is 0.337 e. The van der Waals surface area contributed by atoms with E-state index in [1.165, 1.54) is 7.11 Å². The van der Waals surface area contributed by atoms with Crippen LogP contribution >= 0.6 is 0 Å². The highest BCUT2D eigenvalue weighted by atomic mass is 16.6. The number of hydrogen-bond acceptors (Lipinski definition) is 7. The van der Waals surface area contributed by atoms with Gasteiger partial charge in [-0.3, -0.25) is 9.59 Å². The summed E-state index contributed by atoms with van der Waals surface area (Å²) in [7, 11) is 1.30. The van der Waals surface area contributed by atoms with Crippen LogP contribution in [0.2, 0.25) is 0 Å². The Bertz CT molecular complexity index is 1170. The summed E-state index contributed by atoms with van der Waals surface area (Å²) < 4.78 is 21.9. The van der Waals surface area contributed by atoms with E-state index in [2.05, 4.69) is 25.5 Å². The molecule has 0 radical (unpaired) electrons. The highest BCUT2D eigenvalue weighted by Gasteiger charge is 2.24. The summed E-state index contributed by atoms with van der Waals surface area (Å²) in [6.45, 7) is 6.27. The molecule has 180 valence electrons. The summed E-state index contributed by atoms with van der Waals surface area (Å²) in [6.07, 6.45) is -1.50. The number of furan rings is 1. The molecule has 8 heteroatoms. The number of carboxylic acids is 1. The molecule has 2 aromatic carbocycles. The van der Waals surface area contributed by atoms with Crippen LogP contribution in [0.5, 0.6) is 5.75 Å². The monoisotopic (exact) mass is 468 g/mol. The second kappa shape index (κ2) is 10.4. The minimum atomic E-state index is -1.09. The number of aliphatic carboxylic acids is 1. The molecule has 0 spiro atoms. The Morgan fingerprint density at radius 3 is 2.32 bits per heavy atom. The van der Waals surface area contributed by atoms with E-state index in [1.807, 2.05) is 18.2 Å². The van der Waals surface area contributed by atoms with E-state index < -0.39 is 24.0 Å². The Balaban J connectivity index is 1.82. The SMILES string of the molecule is COC(=O)c1ccc(OCC(OC(=O)CCC(=O)O)c2cc3cc(C(C)(C)C)ccc3o2)cc1. The third-order valence-electron chi connectivity index (χ3n) is 5.21. The summed E-state index contributed by atoms with van der Waals surface area (Å²) in [4.78, 5) is 34.7. The maximum atomic E-state index is 12.3. The molecule has 34 heavy (non-hydrogen) atoms. The summed E-state index contributed by atoms with van der Waals surface area (Å²) in [5.41, 5.74) is 2.09. The summed E-state index contributed by atoms with van der Waals surface area (Å²) >= 11 is 0. The second-order valence-electron chi connectivity index (χ2n) is 8.85. The third kappa shape index (κ3) is 6.37. The van der Waals surface area contributed by atoms with E-state index in [-0.39, 0.29) is 24.9 Å². The lowest BCUT2D eigenvalue weighted by Crippen LogP contribution is -2.18. The van der Waals surface area contributed by atoms with Gasteiger partial charge in [-0.15, -0.1) is 0 Å². The molecule has 1 aromatic heterocycles. The molecule has 3 aromatic rings. The Kier molecular flexibility index (Phi) is 7.61. The van der Waals surface area contributed by atoms with Crippen LogP contribution in [0.1, 0.15) is 61.4 Å². The molecule has 0 saturated heterocycles. The van der Waals surface area contributed by atoms with E-state index in [0.29, 0.717) is 22.7 Å². The Hall–Kier alpha value is -3.81. The van der Waals surface area contributed by atoms with Crippen molar-refractivity contribution >= 4 is 28.9 Å². The van der Waals surface area contributed by atoms with Gasteiger partial charge in [-0.25, -0.2) is 4.79 Å².